The highest BCUT2D eigenvalue weighted by Gasteiger charge is 2.25. The summed E-state index contributed by atoms with van der Waals surface area (Å²) in [5.74, 6) is -1.67. The molecular formula is C17H25NO7S. The summed E-state index contributed by atoms with van der Waals surface area (Å²) in [6, 6.07) is 5.36. The number of amides is 1. The van der Waals surface area contributed by atoms with Gasteiger partial charge in [-0.25, -0.2) is 4.79 Å². The normalized spacial score (nSPS) is 12.3. The van der Waals surface area contributed by atoms with Crippen LogP contribution in [0.15, 0.2) is 24.3 Å². The molecule has 146 valence electrons. The smallest absolute Gasteiger partial charge is 0.328 e. The molecule has 0 aliphatic rings. The largest absolute Gasteiger partial charge is 0.493 e. The topological polar surface area (TPSA) is 119 Å². The number of rotatable bonds is 11. The van der Waals surface area contributed by atoms with Crippen LogP contribution in [0.25, 0.3) is 0 Å². The van der Waals surface area contributed by atoms with Gasteiger partial charge in [0.25, 0.3) is 16.0 Å². The van der Waals surface area contributed by atoms with Crippen molar-refractivity contribution in [1.29, 1.82) is 0 Å². The molecule has 0 fully saturated rings. The van der Waals surface area contributed by atoms with Gasteiger partial charge in [-0.2, -0.15) is 8.42 Å². The summed E-state index contributed by atoms with van der Waals surface area (Å²) in [6.07, 6.45) is 1.47. The second-order valence-corrected chi connectivity index (χ2v) is 7.12. The van der Waals surface area contributed by atoms with Gasteiger partial charge in [0, 0.05) is 0 Å². The molecule has 0 aromatic heterocycles. The number of para-hydroxylation sites is 1. The third kappa shape index (κ3) is 7.83. The van der Waals surface area contributed by atoms with Gasteiger partial charge < -0.3 is 14.8 Å². The standard InChI is InChI=1S/C17H25NO7S/c1-3-5-11-25-15-9-7-6-8-13(15)16(19)18-14(17(20)24-4-2)10-12-26(21,22)23/h6-9,14H,3-5,10-12H2,1-2H3,(H,18,19)(H,21,22,23)/t14-/m0/s1. The van der Waals surface area contributed by atoms with E-state index in [1.54, 1.807) is 31.2 Å². The number of benzene rings is 1. The maximum Gasteiger partial charge on any atom is 0.328 e. The van der Waals surface area contributed by atoms with Gasteiger partial charge in [0.15, 0.2) is 0 Å². The van der Waals surface area contributed by atoms with Crippen molar-refractivity contribution >= 4 is 22.0 Å². The van der Waals surface area contributed by atoms with Crippen LogP contribution in [0.3, 0.4) is 0 Å². The molecule has 0 aliphatic heterocycles. The summed E-state index contributed by atoms with van der Waals surface area (Å²) >= 11 is 0. The molecule has 2 N–H and O–H groups in total. The van der Waals surface area contributed by atoms with Crippen molar-refractivity contribution in [3.8, 4) is 5.75 Å². The summed E-state index contributed by atoms with van der Waals surface area (Å²) in [6.45, 7) is 4.14. The van der Waals surface area contributed by atoms with E-state index in [4.69, 9.17) is 14.0 Å². The minimum Gasteiger partial charge on any atom is -0.493 e. The van der Waals surface area contributed by atoms with Gasteiger partial charge in [-0.15, -0.1) is 0 Å². The molecule has 9 heteroatoms. The zero-order valence-corrected chi connectivity index (χ0v) is 15.8. The number of unbranched alkanes of at least 4 members (excludes halogenated alkanes) is 1. The summed E-state index contributed by atoms with van der Waals surface area (Å²) < 4.78 is 41.2. The second-order valence-electron chi connectivity index (χ2n) is 5.55. The first-order valence-corrected chi connectivity index (χ1v) is 10.0. The van der Waals surface area contributed by atoms with Crippen molar-refractivity contribution in [1.82, 2.24) is 5.32 Å². The van der Waals surface area contributed by atoms with Crippen molar-refractivity contribution in [2.45, 2.75) is 39.2 Å². The molecule has 0 unspecified atom stereocenters. The number of esters is 1. The predicted octanol–water partition coefficient (Wildman–Crippen LogP) is 1.80. The van der Waals surface area contributed by atoms with Gasteiger partial charge in [-0.05, 0) is 31.9 Å². The second kappa shape index (κ2) is 10.8. The molecule has 0 bridgehead atoms. The van der Waals surface area contributed by atoms with Gasteiger partial charge in [0.05, 0.1) is 24.5 Å². The van der Waals surface area contributed by atoms with Crippen molar-refractivity contribution in [3.05, 3.63) is 29.8 Å². The number of hydrogen-bond acceptors (Lipinski definition) is 6. The van der Waals surface area contributed by atoms with Crippen molar-refractivity contribution in [2.75, 3.05) is 19.0 Å². The number of hydrogen-bond donors (Lipinski definition) is 2. The number of carbonyl (C=O) groups excluding carboxylic acids is 2. The van der Waals surface area contributed by atoms with Crippen LogP contribution in [0, 0.1) is 0 Å². The van der Waals surface area contributed by atoms with Crippen LogP contribution in [0.1, 0.15) is 43.5 Å². The van der Waals surface area contributed by atoms with Crippen LogP contribution in [0.4, 0.5) is 0 Å². The summed E-state index contributed by atoms with van der Waals surface area (Å²) in [5, 5.41) is 2.45. The molecule has 0 saturated carbocycles. The fraction of sp³-hybridized carbons (Fsp3) is 0.529. The molecule has 0 aliphatic carbocycles. The quantitative estimate of drug-likeness (QED) is 0.337. The van der Waals surface area contributed by atoms with E-state index in [1.807, 2.05) is 6.92 Å². The minimum absolute atomic E-state index is 0.0772. The maximum absolute atomic E-state index is 12.5. The van der Waals surface area contributed by atoms with E-state index >= 15 is 0 Å². The van der Waals surface area contributed by atoms with Crippen LogP contribution >= 0.6 is 0 Å². The first-order valence-electron chi connectivity index (χ1n) is 8.43. The molecule has 1 atom stereocenters. The van der Waals surface area contributed by atoms with Crippen molar-refractivity contribution in [3.63, 3.8) is 0 Å². The Hall–Kier alpha value is -2.13. The van der Waals surface area contributed by atoms with Crippen LogP contribution < -0.4 is 10.1 Å². The molecule has 1 amide bonds. The van der Waals surface area contributed by atoms with Gasteiger partial charge >= 0.3 is 5.97 Å². The lowest BCUT2D eigenvalue weighted by molar-refractivity contribution is -0.145. The Morgan fingerprint density at radius 2 is 1.92 bits per heavy atom. The molecular weight excluding hydrogens is 362 g/mol. The van der Waals surface area contributed by atoms with E-state index in [2.05, 4.69) is 5.32 Å². The van der Waals surface area contributed by atoms with Gasteiger partial charge in [-0.1, -0.05) is 25.5 Å². The highest BCUT2D eigenvalue weighted by atomic mass is 32.2. The van der Waals surface area contributed by atoms with E-state index in [1.165, 1.54) is 0 Å². The Morgan fingerprint density at radius 3 is 2.54 bits per heavy atom. The fourth-order valence-corrected chi connectivity index (χ4v) is 2.63. The van der Waals surface area contributed by atoms with Gasteiger partial charge in [0.1, 0.15) is 11.8 Å². The Morgan fingerprint density at radius 1 is 1.23 bits per heavy atom. The number of carbonyl (C=O) groups is 2. The first kappa shape index (κ1) is 21.9. The molecule has 1 aromatic carbocycles. The average molecular weight is 387 g/mol. The lowest BCUT2D eigenvalue weighted by Gasteiger charge is -2.18. The third-order valence-corrected chi connectivity index (χ3v) is 4.18. The lowest BCUT2D eigenvalue weighted by atomic mass is 10.1. The zero-order chi connectivity index (χ0) is 19.6. The maximum atomic E-state index is 12.5. The van der Waals surface area contributed by atoms with Crippen LogP contribution in [0.2, 0.25) is 0 Å². The van der Waals surface area contributed by atoms with E-state index in [0.717, 1.165) is 12.8 Å². The Bertz CT molecular complexity index is 703. The summed E-state index contributed by atoms with van der Waals surface area (Å²) in [7, 11) is -4.27. The highest BCUT2D eigenvalue weighted by molar-refractivity contribution is 7.85. The Kier molecular flexibility index (Phi) is 9.08. The zero-order valence-electron chi connectivity index (χ0n) is 14.9. The third-order valence-electron chi connectivity index (χ3n) is 3.43. The van der Waals surface area contributed by atoms with E-state index in [-0.39, 0.29) is 18.6 Å². The Labute approximate surface area is 153 Å². The monoisotopic (exact) mass is 387 g/mol. The fourth-order valence-electron chi connectivity index (χ4n) is 2.10. The van der Waals surface area contributed by atoms with Gasteiger partial charge in [0.2, 0.25) is 0 Å². The highest BCUT2D eigenvalue weighted by Crippen LogP contribution is 2.18. The SMILES string of the molecule is CCCCOc1ccccc1C(=O)N[C@@H](CCS(=O)(=O)O)C(=O)OCC. The van der Waals surface area contributed by atoms with E-state index in [9.17, 15) is 18.0 Å². The first-order chi connectivity index (χ1) is 12.3. The van der Waals surface area contributed by atoms with Crippen LogP contribution in [-0.2, 0) is 19.6 Å². The molecule has 1 rings (SSSR count). The van der Waals surface area contributed by atoms with Crippen molar-refractivity contribution < 1.29 is 32.0 Å². The number of nitrogens with one attached hydrogen (secondary N) is 1. The molecule has 26 heavy (non-hydrogen) atoms. The molecule has 8 nitrogen and oxygen atoms in total. The van der Waals surface area contributed by atoms with Crippen LogP contribution in [-0.4, -0.2) is 49.9 Å². The molecule has 0 heterocycles. The average Bonchev–Trinajstić information content (AvgIpc) is 2.58. The predicted molar refractivity (Wildman–Crippen MR) is 95.8 cm³/mol. The van der Waals surface area contributed by atoms with Crippen LogP contribution in [0.5, 0.6) is 5.75 Å². The van der Waals surface area contributed by atoms with Gasteiger partial charge in [-0.3, -0.25) is 9.35 Å². The summed E-state index contributed by atoms with van der Waals surface area (Å²) in [4.78, 5) is 24.5. The minimum atomic E-state index is -4.27. The lowest BCUT2D eigenvalue weighted by Crippen LogP contribution is -2.43. The van der Waals surface area contributed by atoms with Crippen molar-refractivity contribution in [2.24, 2.45) is 0 Å². The molecule has 0 radical (unpaired) electrons. The Balaban J connectivity index is 2.89. The molecule has 0 spiro atoms. The number of ether oxygens (including phenoxy) is 2. The molecule has 0 saturated heterocycles. The van der Waals surface area contributed by atoms with E-state index < -0.39 is 33.8 Å². The molecule has 1 aromatic rings. The van der Waals surface area contributed by atoms with E-state index in [0.29, 0.717) is 12.4 Å². The summed E-state index contributed by atoms with van der Waals surface area (Å²) in [5.41, 5.74) is 0.227.